The van der Waals surface area contributed by atoms with Gasteiger partial charge in [0, 0.05) is 29.2 Å². The number of anilines is 1. The molecule has 0 saturated carbocycles. The third-order valence-electron chi connectivity index (χ3n) is 4.50. The van der Waals surface area contributed by atoms with E-state index in [0.29, 0.717) is 45.5 Å². The molecule has 4 rings (SSSR count). The number of oxazole rings is 1. The maximum atomic E-state index is 12.8. The minimum absolute atomic E-state index is 0.327. The molecular weight excluding hydrogens is 386 g/mol. The highest BCUT2D eigenvalue weighted by atomic mass is 16.5. The molecular formula is C22H19N3O5. The van der Waals surface area contributed by atoms with Crippen LogP contribution in [0.15, 0.2) is 59.3 Å². The molecule has 30 heavy (non-hydrogen) atoms. The summed E-state index contributed by atoms with van der Waals surface area (Å²) in [5.74, 6) is 1.38. The van der Waals surface area contributed by atoms with Crippen molar-refractivity contribution < 1.29 is 23.4 Å². The van der Waals surface area contributed by atoms with Crippen LogP contribution in [-0.2, 0) is 0 Å². The van der Waals surface area contributed by atoms with Gasteiger partial charge < -0.3 is 23.9 Å². The Balaban J connectivity index is 1.62. The van der Waals surface area contributed by atoms with Crippen molar-refractivity contribution in [1.29, 1.82) is 0 Å². The van der Waals surface area contributed by atoms with Crippen molar-refractivity contribution in [3.63, 3.8) is 0 Å². The van der Waals surface area contributed by atoms with E-state index < -0.39 is 0 Å². The zero-order valence-electron chi connectivity index (χ0n) is 16.6. The van der Waals surface area contributed by atoms with E-state index in [9.17, 15) is 4.79 Å². The molecule has 0 atom stereocenters. The van der Waals surface area contributed by atoms with E-state index in [4.69, 9.17) is 18.6 Å². The number of methoxy groups -OCH3 is 3. The number of carbonyl (C=O) groups is 1. The first-order valence-electron chi connectivity index (χ1n) is 9.05. The Morgan fingerprint density at radius 3 is 2.27 bits per heavy atom. The highest BCUT2D eigenvalue weighted by Gasteiger charge is 2.17. The number of hydrogen-bond acceptors (Lipinski definition) is 7. The molecule has 2 aromatic heterocycles. The maximum Gasteiger partial charge on any atom is 0.255 e. The molecule has 0 aliphatic rings. The van der Waals surface area contributed by atoms with Crippen LogP contribution in [0.25, 0.3) is 22.6 Å². The van der Waals surface area contributed by atoms with Gasteiger partial charge in [0.05, 0.1) is 21.3 Å². The summed E-state index contributed by atoms with van der Waals surface area (Å²) in [6.07, 6.45) is 3.35. The first-order chi connectivity index (χ1) is 14.6. The van der Waals surface area contributed by atoms with Gasteiger partial charge in [-0.1, -0.05) is 0 Å². The number of fused-ring (bicyclic) bond motifs is 1. The molecule has 0 unspecified atom stereocenters. The van der Waals surface area contributed by atoms with Gasteiger partial charge in [-0.2, -0.15) is 0 Å². The Morgan fingerprint density at radius 2 is 1.63 bits per heavy atom. The molecule has 0 aliphatic heterocycles. The minimum Gasteiger partial charge on any atom is -0.493 e. The molecule has 0 fully saturated rings. The number of ether oxygens (including phenoxy) is 3. The number of nitrogens with zero attached hydrogens (tertiary/aromatic N) is 2. The number of aromatic nitrogens is 2. The first-order valence-corrected chi connectivity index (χ1v) is 9.05. The van der Waals surface area contributed by atoms with Crippen LogP contribution in [0, 0.1) is 0 Å². The summed E-state index contributed by atoms with van der Waals surface area (Å²) in [6.45, 7) is 0. The van der Waals surface area contributed by atoms with Crippen LogP contribution in [0.2, 0.25) is 0 Å². The topological polar surface area (TPSA) is 95.7 Å². The van der Waals surface area contributed by atoms with Crippen molar-refractivity contribution in [1.82, 2.24) is 9.97 Å². The molecule has 152 valence electrons. The smallest absolute Gasteiger partial charge is 0.255 e. The summed E-state index contributed by atoms with van der Waals surface area (Å²) >= 11 is 0. The zero-order valence-corrected chi connectivity index (χ0v) is 16.6. The fourth-order valence-corrected chi connectivity index (χ4v) is 3.04. The van der Waals surface area contributed by atoms with Crippen LogP contribution < -0.4 is 19.5 Å². The van der Waals surface area contributed by atoms with E-state index in [2.05, 4.69) is 15.3 Å². The second-order valence-corrected chi connectivity index (χ2v) is 6.31. The van der Waals surface area contributed by atoms with E-state index in [-0.39, 0.29) is 5.91 Å². The van der Waals surface area contributed by atoms with Gasteiger partial charge in [-0.3, -0.25) is 9.78 Å². The molecule has 0 radical (unpaired) electrons. The minimum atomic E-state index is -0.327. The number of hydrogen-bond donors (Lipinski definition) is 1. The first kappa shape index (κ1) is 19.3. The van der Waals surface area contributed by atoms with Gasteiger partial charge in [0.1, 0.15) is 5.52 Å². The highest BCUT2D eigenvalue weighted by Crippen LogP contribution is 2.38. The summed E-state index contributed by atoms with van der Waals surface area (Å²) < 4.78 is 21.7. The molecule has 0 aliphatic carbocycles. The second-order valence-electron chi connectivity index (χ2n) is 6.31. The van der Waals surface area contributed by atoms with Gasteiger partial charge in [0.15, 0.2) is 17.1 Å². The Bertz CT molecular complexity index is 1180. The fourth-order valence-electron chi connectivity index (χ4n) is 3.04. The second kappa shape index (κ2) is 8.12. The van der Waals surface area contributed by atoms with Crippen LogP contribution in [-0.4, -0.2) is 37.2 Å². The number of pyridine rings is 1. The van der Waals surface area contributed by atoms with Gasteiger partial charge in [-0.05, 0) is 42.5 Å². The maximum absolute atomic E-state index is 12.8. The normalized spacial score (nSPS) is 10.6. The summed E-state index contributed by atoms with van der Waals surface area (Å²) in [5, 5.41) is 2.86. The Morgan fingerprint density at radius 1 is 0.933 bits per heavy atom. The molecule has 4 aromatic rings. The fraction of sp³-hybridized carbons (Fsp3) is 0.136. The van der Waals surface area contributed by atoms with Crippen molar-refractivity contribution in [3.05, 3.63) is 60.4 Å². The van der Waals surface area contributed by atoms with E-state index in [1.165, 1.54) is 21.3 Å². The van der Waals surface area contributed by atoms with Gasteiger partial charge in [-0.15, -0.1) is 0 Å². The standard InChI is InChI=1S/C22H19N3O5/c1-27-18-10-14(11-19(28-2)20(18)29-3)21(26)24-15-4-5-17-16(12-15)25-22(30-17)13-6-8-23-9-7-13/h4-12H,1-3H3,(H,24,26). The average molecular weight is 405 g/mol. The molecule has 8 nitrogen and oxygen atoms in total. The van der Waals surface area contributed by atoms with Gasteiger partial charge in [-0.25, -0.2) is 4.98 Å². The number of rotatable bonds is 6. The highest BCUT2D eigenvalue weighted by molar-refractivity contribution is 6.05. The lowest BCUT2D eigenvalue weighted by molar-refractivity contribution is 0.102. The summed E-state index contributed by atoms with van der Waals surface area (Å²) in [6, 6.07) is 12.1. The van der Waals surface area contributed by atoms with Gasteiger partial charge in [0.2, 0.25) is 11.6 Å². The Hall–Kier alpha value is -4.07. The number of carbonyl (C=O) groups excluding carboxylic acids is 1. The zero-order chi connectivity index (χ0) is 21.1. The lowest BCUT2D eigenvalue weighted by Gasteiger charge is -2.14. The lowest BCUT2D eigenvalue weighted by Crippen LogP contribution is -2.12. The number of amides is 1. The quantitative estimate of drug-likeness (QED) is 0.514. The van der Waals surface area contributed by atoms with Gasteiger partial charge in [0.25, 0.3) is 5.91 Å². The average Bonchev–Trinajstić information content (AvgIpc) is 3.22. The number of nitrogens with one attached hydrogen (secondary N) is 1. The summed E-state index contributed by atoms with van der Waals surface area (Å²) in [7, 11) is 4.50. The van der Waals surface area contributed by atoms with Crippen LogP contribution >= 0.6 is 0 Å². The van der Waals surface area contributed by atoms with E-state index in [1.54, 1.807) is 42.7 Å². The molecule has 0 spiro atoms. The van der Waals surface area contributed by atoms with Crippen molar-refractivity contribution in [2.75, 3.05) is 26.6 Å². The molecule has 2 heterocycles. The third kappa shape index (κ3) is 3.62. The lowest BCUT2D eigenvalue weighted by atomic mass is 10.1. The van der Waals surface area contributed by atoms with Crippen molar-refractivity contribution in [2.24, 2.45) is 0 Å². The monoisotopic (exact) mass is 405 g/mol. The van der Waals surface area contributed by atoms with Crippen molar-refractivity contribution >= 4 is 22.7 Å². The predicted octanol–water partition coefficient (Wildman–Crippen LogP) is 4.17. The Labute approximate surface area is 172 Å². The summed E-state index contributed by atoms with van der Waals surface area (Å²) in [5.41, 5.74) is 3.01. The molecule has 2 aromatic carbocycles. The van der Waals surface area contributed by atoms with Crippen LogP contribution in [0.1, 0.15) is 10.4 Å². The SMILES string of the molecule is COc1cc(C(=O)Nc2ccc3oc(-c4ccncc4)nc3c2)cc(OC)c1OC. The molecule has 0 bridgehead atoms. The predicted molar refractivity (Wildman–Crippen MR) is 111 cm³/mol. The van der Waals surface area contributed by atoms with E-state index in [0.717, 1.165) is 5.56 Å². The van der Waals surface area contributed by atoms with Crippen LogP contribution in [0.4, 0.5) is 5.69 Å². The molecule has 8 heteroatoms. The van der Waals surface area contributed by atoms with Crippen molar-refractivity contribution in [2.45, 2.75) is 0 Å². The molecule has 1 N–H and O–H groups in total. The molecule has 0 saturated heterocycles. The number of benzene rings is 2. The van der Waals surface area contributed by atoms with E-state index >= 15 is 0 Å². The van der Waals surface area contributed by atoms with Crippen LogP contribution in [0.5, 0.6) is 17.2 Å². The molecule has 1 amide bonds. The van der Waals surface area contributed by atoms with Gasteiger partial charge >= 0.3 is 0 Å². The van der Waals surface area contributed by atoms with E-state index in [1.807, 2.05) is 12.1 Å². The summed E-state index contributed by atoms with van der Waals surface area (Å²) in [4.78, 5) is 21.3. The Kier molecular flexibility index (Phi) is 5.21. The third-order valence-corrected chi connectivity index (χ3v) is 4.50. The van der Waals surface area contributed by atoms with Crippen molar-refractivity contribution in [3.8, 4) is 28.7 Å². The largest absolute Gasteiger partial charge is 0.493 e. The van der Waals surface area contributed by atoms with Crippen LogP contribution in [0.3, 0.4) is 0 Å².